The van der Waals surface area contributed by atoms with Crippen molar-refractivity contribution in [3.05, 3.63) is 75.1 Å². The van der Waals surface area contributed by atoms with Gasteiger partial charge in [0.05, 0.1) is 24.7 Å². The van der Waals surface area contributed by atoms with Gasteiger partial charge in [0.25, 0.3) is 17.1 Å². The summed E-state index contributed by atoms with van der Waals surface area (Å²) in [5.41, 5.74) is 2.13. The monoisotopic (exact) mass is 442 g/mol. The molecular formula is C22H19ClN2O4S. The summed E-state index contributed by atoms with van der Waals surface area (Å²) in [6, 6.07) is 14.1. The third-order valence-corrected chi connectivity index (χ3v) is 6.00. The molecule has 2 aliphatic rings. The number of thioether (sulfide) groups is 1. The topological polar surface area (TPSA) is 66.9 Å². The maximum Gasteiger partial charge on any atom is 0.293 e. The lowest BCUT2D eigenvalue weighted by molar-refractivity contribution is -0.123. The Hall–Kier alpha value is -2.61. The van der Waals surface area contributed by atoms with Gasteiger partial charge in [-0.05, 0) is 53.2 Å². The van der Waals surface area contributed by atoms with Gasteiger partial charge in [-0.25, -0.2) is 0 Å². The smallest absolute Gasteiger partial charge is 0.293 e. The Morgan fingerprint density at radius 1 is 1.10 bits per heavy atom. The van der Waals surface area contributed by atoms with Gasteiger partial charge in [0.1, 0.15) is 0 Å². The molecule has 0 radical (unpaired) electrons. The van der Waals surface area contributed by atoms with Gasteiger partial charge in [0.15, 0.2) is 0 Å². The molecule has 2 aliphatic heterocycles. The van der Waals surface area contributed by atoms with Crippen molar-refractivity contribution in [3.63, 3.8) is 0 Å². The van der Waals surface area contributed by atoms with Crippen LogP contribution in [0.15, 0.2) is 53.4 Å². The number of imide groups is 1. The van der Waals surface area contributed by atoms with Gasteiger partial charge in [0, 0.05) is 23.7 Å². The number of hydrogen-bond donors (Lipinski definition) is 0. The van der Waals surface area contributed by atoms with Crippen molar-refractivity contribution < 1.29 is 19.1 Å². The molecule has 0 N–H and O–H groups in total. The van der Waals surface area contributed by atoms with Crippen molar-refractivity contribution >= 4 is 46.5 Å². The van der Waals surface area contributed by atoms with Gasteiger partial charge < -0.3 is 9.64 Å². The molecule has 2 saturated heterocycles. The van der Waals surface area contributed by atoms with Crippen molar-refractivity contribution in [2.24, 2.45) is 0 Å². The van der Waals surface area contributed by atoms with E-state index in [9.17, 15) is 14.4 Å². The van der Waals surface area contributed by atoms with E-state index < -0.39 is 0 Å². The minimum atomic E-state index is -0.335. The highest BCUT2D eigenvalue weighted by Gasteiger charge is 2.35. The maximum atomic E-state index is 12.7. The van der Waals surface area contributed by atoms with Crippen LogP contribution in [0, 0.1) is 0 Å². The highest BCUT2D eigenvalue weighted by molar-refractivity contribution is 8.18. The first-order valence-electron chi connectivity index (χ1n) is 9.48. The number of ether oxygens (including phenoxy) is 1. The Morgan fingerprint density at radius 3 is 2.53 bits per heavy atom. The predicted octanol–water partition coefficient (Wildman–Crippen LogP) is 4.05. The zero-order valence-electron chi connectivity index (χ0n) is 16.0. The summed E-state index contributed by atoms with van der Waals surface area (Å²) in [6.07, 6.45) is 1.67. The zero-order valence-corrected chi connectivity index (χ0v) is 17.6. The van der Waals surface area contributed by atoms with Crippen molar-refractivity contribution in [1.82, 2.24) is 9.80 Å². The molecule has 0 saturated carbocycles. The van der Waals surface area contributed by atoms with E-state index in [2.05, 4.69) is 0 Å². The third kappa shape index (κ3) is 4.59. The highest BCUT2D eigenvalue weighted by Crippen LogP contribution is 2.33. The molecule has 0 bridgehead atoms. The first-order valence-corrected chi connectivity index (χ1v) is 10.7. The second-order valence-electron chi connectivity index (χ2n) is 6.92. The predicted molar refractivity (Wildman–Crippen MR) is 116 cm³/mol. The molecule has 154 valence electrons. The van der Waals surface area contributed by atoms with Gasteiger partial charge in [-0.3, -0.25) is 19.3 Å². The second kappa shape index (κ2) is 9.04. The van der Waals surface area contributed by atoms with Crippen LogP contribution < -0.4 is 0 Å². The SMILES string of the molecule is O=C(c1ccc(C=C2SC(=O)N(Cc3cccc(Cl)c3)C2=O)cc1)N1CCOCC1. The quantitative estimate of drug-likeness (QED) is 0.668. The van der Waals surface area contributed by atoms with Gasteiger partial charge in [-0.1, -0.05) is 35.9 Å². The summed E-state index contributed by atoms with van der Waals surface area (Å²) < 4.78 is 5.28. The lowest BCUT2D eigenvalue weighted by atomic mass is 10.1. The fourth-order valence-corrected chi connectivity index (χ4v) is 4.33. The average Bonchev–Trinajstić information content (AvgIpc) is 3.02. The largest absolute Gasteiger partial charge is 0.378 e. The number of hydrogen-bond acceptors (Lipinski definition) is 5. The molecular weight excluding hydrogens is 424 g/mol. The van der Waals surface area contributed by atoms with Gasteiger partial charge in [-0.2, -0.15) is 0 Å². The van der Waals surface area contributed by atoms with Crippen LogP contribution in [0.3, 0.4) is 0 Å². The Labute approximate surface area is 183 Å². The minimum absolute atomic E-state index is 0.0355. The van der Waals surface area contributed by atoms with Crippen LogP contribution in [-0.4, -0.2) is 53.2 Å². The number of halogens is 1. The fraction of sp³-hybridized carbons (Fsp3) is 0.227. The van der Waals surface area contributed by atoms with Gasteiger partial charge in [-0.15, -0.1) is 0 Å². The van der Waals surface area contributed by atoms with Crippen molar-refractivity contribution in [2.45, 2.75) is 6.54 Å². The highest BCUT2D eigenvalue weighted by atomic mass is 35.5. The number of amides is 3. The van der Waals surface area contributed by atoms with Gasteiger partial charge >= 0.3 is 0 Å². The Bertz CT molecular complexity index is 1020. The Kier molecular flexibility index (Phi) is 6.22. The standard InChI is InChI=1S/C22H19ClN2O4S/c23-18-3-1-2-16(12-18)14-25-21(27)19(30-22(25)28)13-15-4-6-17(7-5-15)20(26)24-8-10-29-11-9-24/h1-7,12-13H,8-11,14H2. The van der Waals surface area contributed by atoms with Crippen LogP contribution >= 0.6 is 23.4 Å². The second-order valence-corrected chi connectivity index (χ2v) is 8.35. The van der Waals surface area contributed by atoms with Gasteiger partial charge in [0.2, 0.25) is 0 Å². The average molecular weight is 443 g/mol. The van der Waals surface area contributed by atoms with Crippen LogP contribution in [0.1, 0.15) is 21.5 Å². The van der Waals surface area contributed by atoms with E-state index in [1.165, 1.54) is 4.90 Å². The molecule has 2 aromatic rings. The van der Waals surface area contributed by atoms with E-state index in [4.69, 9.17) is 16.3 Å². The molecule has 3 amide bonds. The van der Waals surface area contributed by atoms with E-state index in [0.717, 1.165) is 22.9 Å². The Morgan fingerprint density at radius 2 is 1.83 bits per heavy atom. The van der Waals surface area contributed by atoms with E-state index >= 15 is 0 Å². The molecule has 0 atom stereocenters. The maximum absolute atomic E-state index is 12.7. The number of benzene rings is 2. The number of rotatable bonds is 4. The molecule has 2 aromatic carbocycles. The summed E-state index contributed by atoms with van der Waals surface area (Å²) in [5, 5.41) is 0.243. The van der Waals surface area contributed by atoms with E-state index in [1.807, 2.05) is 6.07 Å². The lowest BCUT2D eigenvalue weighted by Crippen LogP contribution is -2.40. The summed E-state index contributed by atoms with van der Waals surface area (Å²) in [6.45, 7) is 2.44. The number of carbonyl (C=O) groups is 3. The van der Waals surface area contributed by atoms with E-state index in [0.29, 0.717) is 41.8 Å². The molecule has 4 rings (SSSR count). The summed E-state index contributed by atoms with van der Waals surface area (Å²) in [5.74, 6) is -0.370. The van der Waals surface area contributed by atoms with E-state index in [-0.39, 0.29) is 23.6 Å². The number of nitrogens with zero attached hydrogens (tertiary/aromatic N) is 2. The van der Waals surface area contributed by atoms with Crippen molar-refractivity contribution in [2.75, 3.05) is 26.3 Å². The fourth-order valence-electron chi connectivity index (χ4n) is 3.28. The Balaban J connectivity index is 1.46. The molecule has 0 aliphatic carbocycles. The van der Waals surface area contributed by atoms with Crippen LogP contribution in [0.2, 0.25) is 5.02 Å². The third-order valence-electron chi connectivity index (χ3n) is 4.86. The molecule has 0 aromatic heterocycles. The normalized spacial score (nSPS) is 18.4. The molecule has 2 fully saturated rings. The van der Waals surface area contributed by atoms with Crippen LogP contribution in [-0.2, 0) is 16.1 Å². The molecule has 6 nitrogen and oxygen atoms in total. The summed E-state index contributed by atoms with van der Waals surface area (Å²) in [4.78, 5) is 40.9. The summed E-state index contributed by atoms with van der Waals surface area (Å²) >= 11 is 6.90. The van der Waals surface area contributed by atoms with Crippen LogP contribution in [0.5, 0.6) is 0 Å². The van der Waals surface area contributed by atoms with Crippen molar-refractivity contribution in [1.29, 1.82) is 0 Å². The molecule has 2 heterocycles. The first-order chi connectivity index (χ1) is 14.5. The lowest BCUT2D eigenvalue weighted by Gasteiger charge is -2.26. The number of morpholine rings is 1. The molecule has 0 spiro atoms. The van der Waals surface area contributed by atoms with E-state index in [1.54, 1.807) is 53.4 Å². The molecule has 0 unspecified atom stereocenters. The van der Waals surface area contributed by atoms with Crippen LogP contribution in [0.4, 0.5) is 4.79 Å². The minimum Gasteiger partial charge on any atom is -0.378 e. The molecule has 8 heteroatoms. The van der Waals surface area contributed by atoms with Crippen LogP contribution in [0.25, 0.3) is 6.08 Å². The molecule has 30 heavy (non-hydrogen) atoms. The zero-order chi connectivity index (χ0) is 21.1. The summed E-state index contributed by atoms with van der Waals surface area (Å²) in [7, 11) is 0. The number of carbonyl (C=O) groups excluding carboxylic acids is 3. The first kappa shape index (κ1) is 20.7. The van der Waals surface area contributed by atoms with Crippen molar-refractivity contribution in [3.8, 4) is 0 Å².